The molecule has 0 saturated carbocycles. The average Bonchev–Trinajstić information content (AvgIpc) is 2.10. The Hall–Kier alpha value is 0.01000. The highest BCUT2D eigenvalue weighted by atomic mass is 79.9. The van der Waals surface area contributed by atoms with E-state index in [4.69, 9.17) is 0 Å². The van der Waals surface area contributed by atoms with Crippen molar-refractivity contribution in [1.82, 2.24) is 5.32 Å². The third-order valence-electron chi connectivity index (χ3n) is 1.69. The molecule has 1 aromatic carbocycles. The molecule has 1 aromatic rings. The van der Waals surface area contributed by atoms with Gasteiger partial charge in [0, 0.05) is 15.9 Å². The summed E-state index contributed by atoms with van der Waals surface area (Å²) in [6.07, 6.45) is 0. The second-order valence-electron chi connectivity index (χ2n) is 2.72. The Kier molecular flexibility index (Phi) is 4.84. The number of rotatable bonds is 4. The lowest BCUT2D eigenvalue weighted by Gasteiger charge is -2.07. The molecule has 1 N–H and O–H groups in total. The minimum atomic E-state index is 0.932. The molecule has 3 heteroatoms. The number of hydrogen-bond acceptors (Lipinski definition) is 2. The first-order valence-corrected chi connectivity index (χ1v) is 6.11. The zero-order chi connectivity index (χ0) is 9.68. The second-order valence-corrected chi connectivity index (χ2v) is 4.94. The Labute approximate surface area is 92.4 Å². The van der Waals surface area contributed by atoms with E-state index in [2.05, 4.69) is 46.4 Å². The lowest BCUT2D eigenvalue weighted by Crippen LogP contribution is -2.06. The molecule has 0 spiro atoms. The standard InChI is InChI=1S/C10H14BrNS/c1-3-13-10-5-4-9(11)6-8(10)7-12-2/h4-6,12H,3,7H2,1-2H3. The van der Waals surface area contributed by atoms with Crippen LogP contribution in [0.15, 0.2) is 27.6 Å². The summed E-state index contributed by atoms with van der Waals surface area (Å²) in [5.41, 5.74) is 1.36. The van der Waals surface area contributed by atoms with E-state index in [1.807, 2.05) is 18.8 Å². The lowest BCUT2D eigenvalue weighted by molar-refractivity contribution is 0.802. The maximum Gasteiger partial charge on any atom is 0.0214 e. The zero-order valence-electron chi connectivity index (χ0n) is 7.93. The molecule has 0 aliphatic carbocycles. The predicted octanol–water partition coefficient (Wildman–Crippen LogP) is 3.28. The van der Waals surface area contributed by atoms with Crippen LogP contribution in [0.2, 0.25) is 0 Å². The average molecular weight is 260 g/mol. The minimum absolute atomic E-state index is 0.932. The number of thioether (sulfide) groups is 1. The van der Waals surface area contributed by atoms with Crippen molar-refractivity contribution in [3.63, 3.8) is 0 Å². The van der Waals surface area contributed by atoms with Crippen LogP contribution < -0.4 is 5.32 Å². The van der Waals surface area contributed by atoms with Crippen molar-refractivity contribution in [1.29, 1.82) is 0 Å². The van der Waals surface area contributed by atoms with Gasteiger partial charge in [-0.3, -0.25) is 0 Å². The molecule has 0 amide bonds. The quantitative estimate of drug-likeness (QED) is 0.834. The molecule has 0 unspecified atom stereocenters. The first-order chi connectivity index (χ1) is 6.27. The van der Waals surface area contributed by atoms with Crippen molar-refractivity contribution in [2.75, 3.05) is 12.8 Å². The topological polar surface area (TPSA) is 12.0 Å². The SMILES string of the molecule is CCSc1ccc(Br)cc1CNC. The number of halogens is 1. The molecule has 0 atom stereocenters. The van der Waals surface area contributed by atoms with Crippen molar-refractivity contribution in [2.24, 2.45) is 0 Å². The summed E-state index contributed by atoms with van der Waals surface area (Å²) < 4.78 is 1.15. The Balaban J connectivity index is 2.89. The lowest BCUT2D eigenvalue weighted by atomic mass is 10.2. The van der Waals surface area contributed by atoms with Crippen LogP contribution in [0.3, 0.4) is 0 Å². The molecule has 0 aliphatic heterocycles. The molecular formula is C10H14BrNS. The zero-order valence-corrected chi connectivity index (χ0v) is 10.3. The second kappa shape index (κ2) is 5.68. The molecule has 1 nitrogen and oxygen atoms in total. The fourth-order valence-corrected chi connectivity index (χ4v) is 2.37. The molecule has 1 rings (SSSR count). The first kappa shape index (κ1) is 11.1. The Bertz CT molecular complexity index is 276. The highest BCUT2D eigenvalue weighted by molar-refractivity contribution is 9.10. The van der Waals surface area contributed by atoms with Gasteiger partial charge in [-0.05, 0) is 36.6 Å². The Morgan fingerprint density at radius 1 is 1.46 bits per heavy atom. The molecule has 0 radical (unpaired) electrons. The van der Waals surface area contributed by atoms with Gasteiger partial charge in [0.05, 0.1) is 0 Å². The number of benzene rings is 1. The summed E-state index contributed by atoms with van der Waals surface area (Å²) in [5.74, 6) is 1.12. The van der Waals surface area contributed by atoms with E-state index in [1.54, 1.807) is 0 Å². The number of nitrogens with one attached hydrogen (secondary N) is 1. The van der Waals surface area contributed by atoms with Gasteiger partial charge in [-0.15, -0.1) is 11.8 Å². The van der Waals surface area contributed by atoms with E-state index < -0.39 is 0 Å². The highest BCUT2D eigenvalue weighted by Crippen LogP contribution is 2.25. The summed E-state index contributed by atoms with van der Waals surface area (Å²) in [4.78, 5) is 1.38. The molecule has 0 bridgehead atoms. The van der Waals surface area contributed by atoms with Crippen LogP contribution in [-0.4, -0.2) is 12.8 Å². The minimum Gasteiger partial charge on any atom is -0.316 e. The van der Waals surface area contributed by atoms with Crippen molar-refractivity contribution in [2.45, 2.75) is 18.4 Å². The molecule has 72 valence electrons. The van der Waals surface area contributed by atoms with Crippen LogP contribution in [0.1, 0.15) is 12.5 Å². The van der Waals surface area contributed by atoms with Crippen molar-refractivity contribution < 1.29 is 0 Å². The summed E-state index contributed by atoms with van der Waals surface area (Å²) in [5, 5.41) is 3.18. The van der Waals surface area contributed by atoms with Gasteiger partial charge < -0.3 is 5.32 Å². The third kappa shape index (κ3) is 3.33. The van der Waals surface area contributed by atoms with Crippen LogP contribution in [0.5, 0.6) is 0 Å². The van der Waals surface area contributed by atoms with E-state index in [-0.39, 0.29) is 0 Å². The van der Waals surface area contributed by atoms with Crippen molar-refractivity contribution in [3.8, 4) is 0 Å². The molecule has 0 heterocycles. The molecule has 0 fully saturated rings. The van der Waals surface area contributed by atoms with E-state index in [0.29, 0.717) is 0 Å². The summed E-state index contributed by atoms with van der Waals surface area (Å²) in [7, 11) is 1.97. The maximum atomic E-state index is 3.48. The van der Waals surface area contributed by atoms with Crippen LogP contribution >= 0.6 is 27.7 Å². The van der Waals surface area contributed by atoms with E-state index >= 15 is 0 Å². The molecule has 0 aromatic heterocycles. The first-order valence-electron chi connectivity index (χ1n) is 4.33. The van der Waals surface area contributed by atoms with Gasteiger partial charge >= 0.3 is 0 Å². The van der Waals surface area contributed by atoms with Crippen molar-refractivity contribution >= 4 is 27.7 Å². The van der Waals surface area contributed by atoms with Gasteiger partial charge in [0.2, 0.25) is 0 Å². The summed E-state index contributed by atoms with van der Waals surface area (Å²) in [6, 6.07) is 6.44. The molecule has 13 heavy (non-hydrogen) atoms. The molecular weight excluding hydrogens is 246 g/mol. The summed E-state index contributed by atoms with van der Waals surface area (Å²) in [6.45, 7) is 3.11. The smallest absolute Gasteiger partial charge is 0.0214 e. The molecule has 0 aliphatic rings. The largest absolute Gasteiger partial charge is 0.316 e. The Morgan fingerprint density at radius 2 is 2.23 bits per heavy atom. The van der Waals surface area contributed by atoms with Crippen LogP contribution in [0.25, 0.3) is 0 Å². The third-order valence-corrected chi connectivity index (χ3v) is 3.18. The van der Waals surface area contributed by atoms with E-state index in [9.17, 15) is 0 Å². The maximum absolute atomic E-state index is 3.48. The van der Waals surface area contributed by atoms with Crippen molar-refractivity contribution in [3.05, 3.63) is 28.2 Å². The van der Waals surface area contributed by atoms with Gasteiger partial charge in [0.25, 0.3) is 0 Å². The van der Waals surface area contributed by atoms with Crippen LogP contribution in [-0.2, 0) is 6.54 Å². The van der Waals surface area contributed by atoms with Gasteiger partial charge in [-0.2, -0.15) is 0 Å². The van der Waals surface area contributed by atoms with Crippen LogP contribution in [0, 0.1) is 0 Å². The monoisotopic (exact) mass is 259 g/mol. The Morgan fingerprint density at radius 3 is 2.85 bits per heavy atom. The molecule has 0 saturated heterocycles. The predicted molar refractivity (Wildman–Crippen MR) is 63.3 cm³/mol. The van der Waals surface area contributed by atoms with Gasteiger partial charge in [0.15, 0.2) is 0 Å². The van der Waals surface area contributed by atoms with Gasteiger partial charge in [-0.1, -0.05) is 22.9 Å². The number of hydrogen-bond donors (Lipinski definition) is 1. The van der Waals surface area contributed by atoms with Crippen LogP contribution in [0.4, 0.5) is 0 Å². The highest BCUT2D eigenvalue weighted by Gasteiger charge is 2.01. The van der Waals surface area contributed by atoms with E-state index in [1.165, 1.54) is 10.5 Å². The fourth-order valence-electron chi connectivity index (χ4n) is 1.17. The fraction of sp³-hybridized carbons (Fsp3) is 0.400. The van der Waals surface area contributed by atoms with Gasteiger partial charge in [0.1, 0.15) is 0 Å². The normalized spacial score (nSPS) is 10.4. The summed E-state index contributed by atoms with van der Waals surface area (Å²) >= 11 is 5.37. The van der Waals surface area contributed by atoms with Gasteiger partial charge in [-0.25, -0.2) is 0 Å². The van der Waals surface area contributed by atoms with E-state index in [0.717, 1.165) is 16.8 Å².